The lowest BCUT2D eigenvalue weighted by atomic mass is 10.3. The van der Waals surface area contributed by atoms with Gasteiger partial charge in [0.1, 0.15) is 18.2 Å². The molecule has 17 heavy (non-hydrogen) atoms. The van der Waals surface area contributed by atoms with Crippen LogP contribution in [0.3, 0.4) is 0 Å². The number of carbonyl (C=O) groups excluding carboxylic acids is 1. The Morgan fingerprint density at radius 2 is 1.94 bits per heavy atom. The molecule has 90 valence electrons. The van der Waals surface area contributed by atoms with Crippen LogP contribution >= 0.6 is 0 Å². The number of benzene rings is 1. The number of nitrogens with one attached hydrogen (secondary N) is 1. The van der Waals surface area contributed by atoms with Crippen molar-refractivity contribution in [2.75, 3.05) is 20.3 Å². The monoisotopic (exact) mass is 237 g/mol. The molecule has 0 saturated carbocycles. The number of hydrogen-bond acceptors (Lipinski definition) is 3. The smallest absolute Gasteiger partial charge is 0.407 e. The molecule has 0 bridgehead atoms. The molecule has 5 heteroatoms. The van der Waals surface area contributed by atoms with Gasteiger partial charge in [-0.05, 0) is 24.3 Å². The third kappa shape index (κ3) is 5.42. The van der Waals surface area contributed by atoms with Crippen LogP contribution < -0.4 is 10.1 Å². The molecule has 4 nitrogen and oxygen atoms in total. The normalized spacial score (nSPS) is 8.82. The molecule has 0 saturated heterocycles. The predicted octanol–water partition coefficient (Wildman–Crippen LogP) is 1.56. The fourth-order valence-electron chi connectivity index (χ4n) is 0.926. The summed E-state index contributed by atoms with van der Waals surface area (Å²) in [7, 11) is 1.47. The van der Waals surface area contributed by atoms with E-state index in [4.69, 9.17) is 4.74 Å². The summed E-state index contributed by atoms with van der Waals surface area (Å²) in [5, 5.41) is 2.29. The topological polar surface area (TPSA) is 47.6 Å². The van der Waals surface area contributed by atoms with Crippen LogP contribution in [0.2, 0.25) is 0 Å². The van der Waals surface area contributed by atoms with Gasteiger partial charge in [-0.1, -0.05) is 11.8 Å². The molecule has 1 N–H and O–H groups in total. The van der Waals surface area contributed by atoms with E-state index in [0.29, 0.717) is 5.75 Å². The minimum atomic E-state index is -0.529. The Labute approximate surface area is 98.7 Å². The van der Waals surface area contributed by atoms with Gasteiger partial charge in [-0.15, -0.1) is 0 Å². The van der Waals surface area contributed by atoms with Crippen molar-refractivity contribution in [3.63, 3.8) is 0 Å². The van der Waals surface area contributed by atoms with Crippen LogP contribution in [0.25, 0.3) is 0 Å². The zero-order chi connectivity index (χ0) is 12.5. The standard InChI is InChI=1S/C12H12FNO3/c1-14-12(15)17-9-3-2-8-16-11-6-4-10(13)5-7-11/h4-7H,8-9H2,1H3,(H,14,15). The summed E-state index contributed by atoms with van der Waals surface area (Å²) < 4.78 is 22.4. The summed E-state index contributed by atoms with van der Waals surface area (Å²) in [5.41, 5.74) is 0. The van der Waals surface area contributed by atoms with Crippen LogP contribution in [0.15, 0.2) is 24.3 Å². The summed E-state index contributed by atoms with van der Waals surface area (Å²) in [4.78, 5) is 10.6. The number of alkyl carbamates (subject to hydrolysis) is 1. The van der Waals surface area contributed by atoms with Gasteiger partial charge in [0.25, 0.3) is 0 Å². The van der Waals surface area contributed by atoms with E-state index in [1.54, 1.807) is 0 Å². The van der Waals surface area contributed by atoms with Crippen molar-refractivity contribution in [1.29, 1.82) is 0 Å². The highest BCUT2D eigenvalue weighted by atomic mass is 19.1. The Hall–Kier alpha value is -2.22. The maximum absolute atomic E-state index is 12.5. The first-order valence-electron chi connectivity index (χ1n) is 4.91. The van der Waals surface area contributed by atoms with Crippen LogP contribution in [-0.4, -0.2) is 26.4 Å². The minimum absolute atomic E-state index is 0.00640. The van der Waals surface area contributed by atoms with Crippen molar-refractivity contribution in [1.82, 2.24) is 5.32 Å². The third-order valence-electron chi connectivity index (χ3n) is 1.73. The molecule has 0 aliphatic carbocycles. The molecule has 0 aromatic heterocycles. The minimum Gasteiger partial charge on any atom is -0.481 e. The summed E-state index contributed by atoms with van der Waals surface area (Å²) in [5.74, 6) is 5.47. The zero-order valence-corrected chi connectivity index (χ0v) is 9.33. The van der Waals surface area contributed by atoms with Crippen molar-refractivity contribution in [2.24, 2.45) is 0 Å². The Kier molecular flexibility index (Phi) is 5.38. The predicted molar refractivity (Wildman–Crippen MR) is 60.1 cm³/mol. The van der Waals surface area contributed by atoms with Crippen molar-refractivity contribution < 1.29 is 18.7 Å². The number of carbonyl (C=O) groups is 1. The van der Waals surface area contributed by atoms with Gasteiger partial charge in [0.05, 0.1) is 0 Å². The first kappa shape index (κ1) is 12.8. The van der Waals surface area contributed by atoms with Crippen LogP contribution in [-0.2, 0) is 4.74 Å². The zero-order valence-electron chi connectivity index (χ0n) is 9.33. The van der Waals surface area contributed by atoms with E-state index >= 15 is 0 Å². The summed E-state index contributed by atoms with van der Waals surface area (Å²) >= 11 is 0. The molecule has 1 rings (SSSR count). The number of hydrogen-bond donors (Lipinski definition) is 1. The second kappa shape index (κ2) is 7.12. The molecule has 0 spiro atoms. The van der Waals surface area contributed by atoms with Crippen LogP contribution in [0.4, 0.5) is 9.18 Å². The quantitative estimate of drug-likeness (QED) is 0.811. The summed E-state index contributed by atoms with van der Waals surface area (Å²) in [6, 6.07) is 5.63. The average Bonchev–Trinajstić information content (AvgIpc) is 2.35. The van der Waals surface area contributed by atoms with E-state index in [9.17, 15) is 9.18 Å². The molecule has 0 radical (unpaired) electrons. The first-order chi connectivity index (χ1) is 8.22. The van der Waals surface area contributed by atoms with Gasteiger partial charge in [0, 0.05) is 7.05 Å². The second-order valence-electron chi connectivity index (χ2n) is 2.92. The molecule has 1 aromatic carbocycles. The van der Waals surface area contributed by atoms with E-state index in [-0.39, 0.29) is 19.0 Å². The highest BCUT2D eigenvalue weighted by molar-refractivity contribution is 5.66. The molecule has 1 amide bonds. The Balaban J connectivity index is 2.21. The van der Waals surface area contributed by atoms with Gasteiger partial charge in [0.15, 0.2) is 6.61 Å². The average molecular weight is 237 g/mol. The van der Waals surface area contributed by atoms with Crippen LogP contribution in [0.1, 0.15) is 0 Å². The number of ether oxygens (including phenoxy) is 2. The van der Waals surface area contributed by atoms with Gasteiger partial charge < -0.3 is 14.8 Å². The maximum atomic E-state index is 12.5. The number of rotatable bonds is 3. The number of halogens is 1. The highest BCUT2D eigenvalue weighted by Crippen LogP contribution is 2.10. The molecule has 0 aliphatic rings. The van der Waals surface area contributed by atoms with Crippen molar-refractivity contribution in [2.45, 2.75) is 0 Å². The van der Waals surface area contributed by atoms with Crippen LogP contribution in [0.5, 0.6) is 5.75 Å². The van der Waals surface area contributed by atoms with E-state index in [2.05, 4.69) is 21.9 Å². The SMILES string of the molecule is CNC(=O)OCC#CCOc1ccc(F)cc1. The van der Waals surface area contributed by atoms with Gasteiger partial charge in [-0.3, -0.25) is 0 Å². The van der Waals surface area contributed by atoms with Crippen molar-refractivity contribution in [3.8, 4) is 17.6 Å². The Morgan fingerprint density at radius 3 is 2.59 bits per heavy atom. The fourth-order valence-corrected chi connectivity index (χ4v) is 0.926. The van der Waals surface area contributed by atoms with Gasteiger partial charge in [0.2, 0.25) is 0 Å². The molecule has 0 heterocycles. The Morgan fingerprint density at radius 1 is 1.29 bits per heavy atom. The van der Waals surface area contributed by atoms with E-state index in [1.807, 2.05) is 0 Å². The summed E-state index contributed by atoms with van der Waals surface area (Å²) in [6.07, 6.45) is -0.529. The van der Waals surface area contributed by atoms with Crippen molar-refractivity contribution >= 4 is 6.09 Å². The van der Waals surface area contributed by atoms with Crippen LogP contribution in [0, 0.1) is 17.7 Å². The lowest BCUT2D eigenvalue weighted by Gasteiger charge is -2.00. The largest absolute Gasteiger partial charge is 0.481 e. The molecule has 0 unspecified atom stereocenters. The molecule has 1 aromatic rings. The fraction of sp³-hybridized carbons (Fsp3) is 0.250. The lowest BCUT2D eigenvalue weighted by Crippen LogP contribution is -2.19. The number of amides is 1. The van der Waals surface area contributed by atoms with Gasteiger partial charge in [-0.2, -0.15) is 0 Å². The van der Waals surface area contributed by atoms with E-state index in [1.165, 1.54) is 31.3 Å². The summed E-state index contributed by atoms with van der Waals surface area (Å²) in [6.45, 7) is 0.162. The second-order valence-corrected chi connectivity index (χ2v) is 2.92. The molecular formula is C12H12FNO3. The molecule has 0 atom stereocenters. The third-order valence-corrected chi connectivity index (χ3v) is 1.73. The van der Waals surface area contributed by atoms with Gasteiger partial charge in [-0.25, -0.2) is 9.18 Å². The Bertz CT molecular complexity index is 420. The first-order valence-corrected chi connectivity index (χ1v) is 4.91. The molecule has 0 fully saturated rings. The molecular weight excluding hydrogens is 225 g/mol. The lowest BCUT2D eigenvalue weighted by molar-refractivity contribution is 0.162. The van der Waals surface area contributed by atoms with E-state index < -0.39 is 6.09 Å². The highest BCUT2D eigenvalue weighted by Gasteiger charge is 1.93. The van der Waals surface area contributed by atoms with E-state index in [0.717, 1.165) is 0 Å². The maximum Gasteiger partial charge on any atom is 0.407 e. The van der Waals surface area contributed by atoms with Gasteiger partial charge >= 0.3 is 6.09 Å². The van der Waals surface area contributed by atoms with Crippen molar-refractivity contribution in [3.05, 3.63) is 30.1 Å². The molecule has 0 aliphatic heterocycles.